The van der Waals surface area contributed by atoms with Crippen molar-refractivity contribution in [1.82, 2.24) is 0 Å². The van der Waals surface area contributed by atoms with Gasteiger partial charge in [0.15, 0.2) is 5.60 Å². The number of rotatable bonds is 3. The van der Waals surface area contributed by atoms with Crippen molar-refractivity contribution in [2.75, 3.05) is 0 Å². The lowest BCUT2D eigenvalue weighted by atomic mass is 9.97. The molecule has 0 aliphatic carbocycles. The molecule has 0 aromatic carbocycles. The molecule has 0 saturated carbocycles. The molecule has 2 heteroatoms. The van der Waals surface area contributed by atoms with Crippen LogP contribution in [0.25, 0.3) is 0 Å². The maximum Gasteiger partial charge on any atom is 0.159 e. The predicted molar refractivity (Wildman–Crippen MR) is 52.0 cm³/mol. The zero-order chi connectivity index (χ0) is 9.03. The van der Waals surface area contributed by atoms with Crippen LogP contribution in [0.15, 0.2) is 17.5 Å². The lowest BCUT2D eigenvalue weighted by molar-refractivity contribution is 0.0934. The van der Waals surface area contributed by atoms with Gasteiger partial charge in [-0.1, -0.05) is 25.3 Å². The van der Waals surface area contributed by atoms with Crippen LogP contribution in [0.4, 0.5) is 0 Å². The van der Waals surface area contributed by atoms with Crippen LogP contribution >= 0.6 is 11.3 Å². The van der Waals surface area contributed by atoms with Crippen LogP contribution in [0, 0.1) is 12.3 Å². The van der Waals surface area contributed by atoms with Crippen LogP contribution in [0.3, 0.4) is 0 Å². The molecule has 1 N–H and O–H groups in total. The van der Waals surface area contributed by atoms with E-state index < -0.39 is 5.60 Å². The summed E-state index contributed by atoms with van der Waals surface area (Å²) in [5.74, 6) is 2.45. The second-order valence-corrected chi connectivity index (χ2v) is 3.68. The fourth-order valence-corrected chi connectivity index (χ4v) is 1.96. The van der Waals surface area contributed by atoms with E-state index in [1.807, 2.05) is 24.4 Å². The molecule has 0 spiro atoms. The summed E-state index contributed by atoms with van der Waals surface area (Å²) in [4.78, 5) is 0.867. The highest BCUT2D eigenvalue weighted by molar-refractivity contribution is 7.10. The number of hydrogen-bond acceptors (Lipinski definition) is 2. The van der Waals surface area contributed by atoms with Gasteiger partial charge in [0.2, 0.25) is 0 Å². The molecule has 0 radical (unpaired) electrons. The van der Waals surface area contributed by atoms with Crippen molar-refractivity contribution in [2.45, 2.75) is 25.4 Å². The monoisotopic (exact) mass is 180 g/mol. The Bertz CT molecular complexity index is 271. The van der Waals surface area contributed by atoms with E-state index in [0.717, 1.165) is 11.3 Å². The van der Waals surface area contributed by atoms with Gasteiger partial charge >= 0.3 is 0 Å². The number of aliphatic hydroxyl groups is 1. The summed E-state index contributed by atoms with van der Waals surface area (Å²) in [5.41, 5.74) is -1.04. The van der Waals surface area contributed by atoms with E-state index in [4.69, 9.17) is 6.42 Å². The Labute approximate surface area is 77.1 Å². The summed E-state index contributed by atoms with van der Waals surface area (Å²) in [6, 6.07) is 3.78. The summed E-state index contributed by atoms with van der Waals surface area (Å²) in [5, 5.41) is 11.9. The largest absolute Gasteiger partial charge is 0.373 e. The van der Waals surface area contributed by atoms with Crippen LogP contribution in [0.2, 0.25) is 0 Å². The van der Waals surface area contributed by atoms with Gasteiger partial charge in [-0.15, -0.1) is 17.8 Å². The van der Waals surface area contributed by atoms with Crippen molar-refractivity contribution in [3.05, 3.63) is 22.4 Å². The lowest BCUT2D eigenvalue weighted by Crippen LogP contribution is -2.21. The zero-order valence-corrected chi connectivity index (χ0v) is 7.90. The van der Waals surface area contributed by atoms with Crippen molar-refractivity contribution >= 4 is 11.3 Å². The van der Waals surface area contributed by atoms with Crippen LogP contribution in [-0.4, -0.2) is 5.11 Å². The summed E-state index contributed by atoms with van der Waals surface area (Å²) >= 11 is 1.50. The zero-order valence-electron chi connectivity index (χ0n) is 7.08. The molecule has 0 amide bonds. The van der Waals surface area contributed by atoms with Crippen molar-refractivity contribution in [1.29, 1.82) is 0 Å². The second-order valence-electron chi connectivity index (χ2n) is 2.73. The summed E-state index contributed by atoms with van der Waals surface area (Å²) in [7, 11) is 0. The van der Waals surface area contributed by atoms with Crippen molar-refractivity contribution in [3.8, 4) is 12.3 Å². The molecule has 1 unspecified atom stereocenters. The first-order valence-corrected chi connectivity index (χ1v) is 4.85. The molecule has 0 bridgehead atoms. The van der Waals surface area contributed by atoms with E-state index in [9.17, 15) is 5.11 Å². The minimum atomic E-state index is -1.04. The Balaban J connectivity index is 2.90. The topological polar surface area (TPSA) is 20.2 Å². The molecule has 0 saturated heterocycles. The number of thiophene rings is 1. The van der Waals surface area contributed by atoms with Gasteiger partial charge < -0.3 is 5.11 Å². The molecule has 0 aliphatic heterocycles. The molecule has 64 valence electrons. The quantitative estimate of drug-likeness (QED) is 0.708. The van der Waals surface area contributed by atoms with Gasteiger partial charge in [0.1, 0.15) is 0 Å². The Morgan fingerprint density at radius 1 is 1.75 bits per heavy atom. The predicted octanol–water partition coefficient (Wildman–Crippen LogP) is 2.37. The molecule has 1 rings (SSSR count). The third kappa shape index (κ3) is 1.69. The highest BCUT2D eigenvalue weighted by Gasteiger charge is 2.25. The minimum Gasteiger partial charge on any atom is -0.373 e. The average molecular weight is 180 g/mol. The van der Waals surface area contributed by atoms with E-state index >= 15 is 0 Å². The molecule has 0 aliphatic rings. The van der Waals surface area contributed by atoms with E-state index in [1.165, 1.54) is 11.3 Å². The number of terminal acetylenes is 1. The van der Waals surface area contributed by atoms with E-state index in [2.05, 4.69) is 5.92 Å². The summed E-state index contributed by atoms with van der Waals surface area (Å²) < 4.78 is 0. The summed E-state index contributed by atoms with van der Waals surface area (Å²) in [6.07, 6.45) is 6.81. The van der Waals surface area contributed by atoms with Crippen molar-refractivity contribution in [2.24, 2.45) is 0 Å². The first-order chi connectivity index (χ1) is 5.73. The SMILES string of the molecule is C#CC(O)(CCC)c1cccs1. The molecule has 1 aromatic rings. The Kier molecular flexibility index (Phi) is 2.91. The highest BCUT2D eigenvalue weighted by Crippen LogP contribution is 2.29. The van der Waals surface area contributed by atoms with Crippen LogP contribution in [0.5, 0.6) is 0 Å². The number of hydrogen-bond donors (Lipinski definition) is 1. The molecule has 1 atom stereocenters. The second kappa shape index (κ2) is 3.75. The fraction of sp³-hybridized carbons (Fsp3) is 0.400. The van der Waals surface area contributed by atoms with Crippen LogP contribution in [-0.2, 0) is 5.60 Å². The molecular formula is C10H12OS. The third-order valence-corrected chi connectivity index (χ3v) is 2.80. The lowest BCUT2D eigenvalue weighted by Gasteiger charge is -2.19. The minimum absolute atomic E-state index is 0.629. The molecule has 1 heterocycles. The normalized spacial score (nSPS) is 15.1. The third-order valence-electron chi connectivity index (χ3n) is 1.78. The van der Waals surface area contributed by atoms with Crippen molar-refractivity contribution < 1.29 is 5.11 Å². The van der Waals surface area contributed by atoms with Gasteiger partial charge in [0, 0.05) is 4.88 Å². The maximum atomic E-state index is 9.95. The van der Waals surface area contributed by atoms with Gasteiger partial charge in [-0.25, -0.2) is 0 Å². The van der Waals surface area contributed by atoms with E-state index in [1.54, 1.807) is 0 Å². The highest BCUT2D eigenvalue weighted by atomic mass is 32.1. The Morgan fingerprint density at radius 2 is 2.50 bits per heavy atom. The summed E-state index contributed by atoms with van der Waals surface area (Å²) in [6.45, 7) is 2.01. The standard InChI is InChI=1S/C10H12OS/c1-3-7-10(11,4-2)9-6-5-8-12-9/h2,5-6,8,11H,3,7H2,1H3. The fourth-order valence-electron chi connectivity index (χ4n) is 1.14. The van der Waals surface area contributed by atoms with Crippen molar-refractivity contribution in [3.63, 3.8) is 0 Å². The first-order valence-electron chi connectivity index (χ1n) is 3.97. The molecule has 1 nitrogen and oxygen atoms in total. The Morgan fingerprint density at radius 3 is 2.92 bits per heavy atom. The van der Waals surface area contributed by atoms with Gasteiger partial charge in [-0.2, -0.15) is 0 Å². The van der Waals surface area contributed by atoms with Crippen LogP contribution < -0.4 is 0 Å². The van der Waals surface area contributed by atoms with E-state index in [0.29, 0.717) is 6.42 Å². The average Bonchev–Trinajstić information content (AvgIpc) is 2.57. The van der Waals surface area contributed by atoms with Gasteiger partial charge in [0.05, 0.1) is 0 Å². The van der Waals surface area contributed by atoms with Gasteiger partial charge in [-0.05, 0) is 17.9 Å². The van der Waals surface area contributed by atoms with E-state index in [-0.39, 0.29) is 0 Å². The maximum absolute atomic E-state index is 9.95. The first kappa shape index (κ1) is 9.31. The molecule has 0 fully saturated rings. The molecule has 12 heavy (non-hydrogen) atoms. The van der Waals surface area contributed by atoms with Crippen LogP contribution in [0.1, 0.15) is 24.6 Å². The molecule has 1 aromatic heterocycles. The molecular weight excluding hydrogens is 168 g/mol. The van der Waals surface area contributed by atoms with Gasteiger partial charge in [-0.3, -0.25) is 0 Å². The Hall–Kier alpha value is -0.780. The van der Waals surface area contributed by atoms with Gasteiger partial charge in [0.25, 0.3) is 0 Å². The smallest absolute Gasteiger partial charge is 0.159 e.